The van der Waals surface area contributed by atoms with Crippen molar-refractivity contribution >= 4 is 31.9 Å². The van der Waals surface area contributed by atoms with Crippen molar-refractivity contribution in [1.82, 2.24) is 5.32 Å². The second-order valence-corrected chi connectivity index (χ2v) is 6.45. The summed E-state index contributed by atoms with van der Waals surface area (Å²) in [6.07, 6.45) is 0. The third-order valence-electron chi connectivity index (χ3n) is 2.47. The minimum absolute atomic E-state index is 0.591. The highest BCUT2D eigenvalue weighted by Gasteiger charge is 2.07. The molecule has 0 atom stereocenters. The van der Waals surface area contributed by atoms with Crippen molar-refractivity contribution in [2.45, 2.75) is 20.4 Å². The highest BCUT2D eigenvalue weighted by Crippen LogP contribution is 2.34. The van der Waals surface area contributed by atoms with Gasteiger partial charge in [0.25, 0.3) is 0 Å². The molecule has 5 heteroatoms. The maximum absolute atomic E-state index is 5.52. The fraction of sp³-hybridized carbons (Fsp3) is 0.571. The molecule has 0 bridgehead atoms. The standard InChI is InChI=1S/C14H21Br2NO2/c1-10(2)9-19-5-4-17-8-11-6-12(15)14(18-3)13(16)7-11/h6-7,10,17H,4-5,8-9H2,1-3H3. The number of rotatable bonds is 8. The molecule has 1 rings (SSSR count). The number of hydrogen-bond donors (Lipinski definition) is 1. The van der Waals surface area contributed by atoms with Gasteiger partial charge in [0.05, 0.1) is 22.7 Å². The molecule has 0 amide bonds. The average molecular weight is 395 g/mol. The second kappa shape index (κ2) is 8.95. The quantitative estimate of drug-likeness (QED) is 0.676. The van der Waals surface area contributed by atoms with E-state index in [-0.39, 0.29) is 0 Å². The zero-order valence-corrected chi connectivity index (χ0v) is 14.8. The van der Waals surface area contributed by atoms with E-state index < -0.39 is 0 Å². The Labute approximate surface area is 132 Å². The second-order valence-electron chi connectivity index (χ2n) is 4.74. The van der Waals surface area contributed by atoms with Crippen LogP contribution in [0.4, 0.5) is 0 Å². The van der Waals surface area contributed by atoms with Crippen LogP contribution in [0.15, 0.2) is 21.1 Å². The van der Waals surface area contributed by atoms with Gasteiger partial charge in [0, 0.05) is 19.7 Å². The SMILES string of the molecule is COc1c(Br)cc(CNCCOCC(C)C)cc1Br. The van der Waals surface area contributed by atoms with Gasteiger partial charge in [0.2, 0.25) is 0 Å². The maximum atomic E-state index is 5.52. The Kier molecular flexibility index (Phi) is 7.99. The lowest BCUT2D eigenvalue weighted by molar-refractivity contribution is 0.111. The topological polar surface area (TPSA) is 30.5 Å². The van der Waals surface area contributed by atoms with Crippen LogP contribution < -0.4 is 10.1 Å². The number of methoxy groups -OCH3 is 1. The van der Waals surface area contributed by atoms with Gasteiger partial charge in [-0.1, -0.05) is 13.8 Å². The van der Waals surface area contributed by atoms with Crippen molar-refractivity contribution in [3.05, 3.63) is 26.6 Å². The van der Waals surface area contributed by atoms with Crippen LogP contribution in [0.2, 0.25) is 0 Å². The summed E-state index contributed by atoms with van der Waals surface area (Å²) in [7, 11) is 1.66. The molecule has 0 aromatic heterocycles. The van der Waals surface area contributed by atoms with Crippen LogP contribution in [0.3, 0.4) is 0 Å². The Morgan fingerprint density at radius 3 is 2.37 bits per heavy atom. The molecule has 0 fully saturated rings. The van der Waals surface area contributed by atoms with Crippen molar-refractivity contribution in [2.75, 3.05) is 26.9 Å². The first kappa shape index (κ1) is 17.0. The summed E-state index contributed by atoms with van der Waals surface area (Å²) in [5.74, 6) is 1.41. The molecule has 0 radical (unpaired) electrons. The van der Waals surface area contributed by atoms with Crippen LogP contribution in [-0.4, -0.2) is 26.9 Å². The van der Waals surface area contributed by atoms with Crippen LogP contribution >= 0.6 is 31.9 Å². The molecule has 1 N–H and O–H groups in total. The molecule has 0 aliphatic heterocycles. The molecule has 0 saturated carbocycles. The minimum Gasteiger partial charge on any atom is -0.494 e. The Balaban J connectivity index is 2.34. The number of nitrogens with one attached hydrogen (secondary N) is 1. The lowest BCUT2D eigenvalue weighted by atomic mass is 10.2. The van der Waals surface area contributed by atoms with Gasteiger partial charge in [-0.2, -0.15) is 0 Å². The molecule has 0 saturated heterocycles. The predicted octanol–water partition coefficient (Wildman–Crippen LogP) is 3.98. The number of hydrogen-bond acceptors (Lipinski definition) is 3. The molecule has 0 spiro atoms. The number of benzene rings is 1. The molecular weight excluding hydrogens is 374 g/mol. The Morgan fingerprint density at radius 1 is 1.21 bits per heavy atom. The minimum atomic E-state index is 0.591. The third-order valence-corrected chi connectivity index (χ3v) is 3.64. The number of halogens is 2. The van der Waals surface area contributed by atoms with E-state index in [1.807, 2.05) is 0 Å². The van der Waals surface area contributed by atoms with Gasteiger partial charge in [-0.05, 0) is 55.5 Å². The summed E-state index contributed by atoms with van der Waals surface area (Å²) < 4.78 is 12.7. The summed E-state index contributed by atoms with van der Waals surface area (Å²) in [6, 6.07) is 4.12. The van der Waals surface area contributed by atoms with Crippen molar-refractivity contribution in [1.29, 1.82) is 0 Å². The van der Waals surface area contributed by atoms with E-state index >= 15 is 0 Å². The van der Waals surface area contributed by atoms with Crippen LogP contribution in [0.5, 0.6) is 5.75 Å². The normalized spacial score (nSPS) is 11.1. The van der Waals surface area contributed by atoms with E-state index in [4.69, 9.17) is 9.47 Å². The van der Waals surface area contributed by atoms with E-state index in [9.17, 15) is 0 Å². The van der Waals surface area contributed by atoms with Gasteiger partial charge >= 0.3 is 0 Å². The first-order valence-corrected chi connectivity index (χ1v) is 7.93. The van der Waals surface area contributed by atoms with E-state index in [2.05, 4.69) is 63.2 Å². The Morgan fingerprint density at radius 2 is 1.84 bits per heavy atom. The van der Waals surface area contributed by atoms with Gasteiger partial charge in [-0.15, -0.1) is 0 Å². The maximum Gasteiger partial charge on any atom is 0.147 e. The Bertz CT molecular complexity index is 374. The van der Waals surface area contributed by atoms with Crippen LogP contribution in [-0.2, 0) is 11.3 Å². The molecule has 3 nitrogen and oxygen atoms in total. The van der Waals surface area contributed by atoms with Crippen molar-refractivity contribution in [2.24, 2.45) is 5.92 Å². The average Bonchev–Trinajstić information content (AvgIpc) is 2.33. The van der Waals surface area contributed by atoms with Crippen LogP contribution in [0.25, 0.3) is 0 Å². The zero-order chi connectivity index (χ0) is 14.3. The predicted molar refractivity (Wildman–Crippen MR) is 85.8 cm³/mol. The van der Waals surface area contributed by atoms with Crippen LogP contribution in [0, 0.1) is 5.92 Å². The molecule has 108 valence electrons. The zero-order valence-electron chi connectivity index (χ0n) is 11.6. The molecule has 0 aliphatic carbocycles. The molecular formula is C14H21Br2NO2. The van der Waals surface area contributed by atoms with Crippen molar-refractivity contribution in [3.8, 4) is 5.75 Å². The third kappa shape index (κ3) is 6.25. The molecule has 19 heavy (non-hydrogen) atoms. The summed E-state index contributed by atoms with van der Waals surface area (Å²) in [6.45, 7) is 7.54. The van der Waals surface area contributed by atoms with Crippen LogP contribution in [0.1, 0.15) is 19.4 Å². The molecule has 1 aromatic rings. The number of ether oxygens (including phenoxy) is 2. The van der Waals surface area contributed by atoms with Crippen molar-refractivity contribution < 1.29 is 9.47 Å². The summed E-state index contributed by atoms with van der Waals surface area (Å²) in [4.78, 5) is 0. The fourth-order valence-corrected chi connectivity index (χ4v) is 3.21. The van der Waals surface area contributed by atoms with Gasteiger partial charge in [-0.3, -0.25) is 0 Å². The van der Waals surface area contributed by atoms with Crippen molar-refractivity contribution in [3.63, 3.8) is 0 Å². The van der Waals surface area contributed by atoms with Gasteiger partial charge < -0.3 is 14.8 Å². The monoisotopic (exact) mass is 393 g/mol. The Hall–Kier alpha value is -0.100. The lowest BCUT2D eigenvalue weighted by Crippen LogP contribution is -2.20. The molecule has 0 aliphatic rings. The molecule has 0 unspecified atom stereocenters. The molecule has 1 aromatic carbocycles. The van der Waals surface area contributed by atoms with E-state index in [0.29, 0.717) is 5.92 Å². The largest absolute Gasteiger partial charge is 0.494 e. The van der Waals surface area contributed by atoms with Gasteiger partial charge in [-0.25, -0.2) is 0 Å². The van der Waals surface area contributed by atoms with E-state index in [0.717, 1.165) is 41.0 Å². The molecule has 0 heterocycles. The first-order chi connectivity index (χ1) is 9.04. The lowest BCUT2D eigenvalue weighted by Gasteiger charge is -2.11. The van der Waals surface area contributed by atoms with Gasteiger partial charge in [0.1, 0.15) is 5.75 Å². The summed E-state index contributed by atoms with van der Waals surface area (Å²) >= 11 is 7.00. The first-order valence-electron chi connectivity index (χ1n) is 6.35. The van der Waals surface area contributed by atoms with E-state index in [1.165, 1.54) is 5.56 Å². The smallest absolute Gasteiger partial charge is 0.147 e. The van der Waals surface area contributed by atoms with E-state index in [1.54, 1.807) is 7.11 Å². The van der Waals surface area contributed by atoms with Gasteiger partial charge in [0.15, 0.2) is 0 Å². The summed E-state index contributed by atoms with van der Waals surface area (Å²) in [5.41, 5.74) is 1.20. The highest BCUT2D eigenvalue weighted by atomic mass is 79.9. The highest BCUT2D eigenvalue weighted by molar-refractivity contribution is 9.11. The fourth-order valence-electron chi connectivity index (χ4n) is 1.61. The summed E-state index contributed by atoms with van der Waals surface area (Å²) in [5, 5.41) is 3.36.